The van der Waals surface area contributed by atoms with E-state index < -0.39 is 5.91 Å². The molecule has 0 saturated heterocycles. The number of nitrogens with zero attached hydrogens (tertiary/aromatic N) is 3. The SMILES string of the molecule is C/C=C(/CN(C)C)c1c(C)cnc2c1CCN(O)C2=O. The average Bonchev–Trinajstić information content (AvgIpc) is 2.40. The number of amides is 1. The highest BCUT2D eigenvalue weighted by molar-refractivity contribution is 5.95. The molecule has 20 heavy (non-hydrogen) atoms. The Morgan fingerprint density at radius 2 is 2.25 bits per heavy atom. The monoisotopic (exact) mass is 275 g/mol. The van der Waals surface area contributed by atoms with Gasteiger partial charge < -0.3 is 4.90 Å². The van der Waals surface area contributed by atoms with Crippen molar-refractivity contribution in [2.75, 3.05) is 27.2 Å². The van der Waals surface area contributed by atoms with Crippen molar-refractivity contribution < 1.29 is 10.0 Å². The number of fused-ring (bicyclic) bond motifs is 1. The number of hydroxylamine groups is 2. The topological polar surface area (TPSA) is 56.7 Å². The van der Waals surface area contributed by atoms with Gasteiger partial charge in [-0.1, -0.05) is 6.08 Å². The Morgan fingerprint density at radius 3 is 2.85 bits per heavy atom. The summed E-state index contributed by atoms with van der Waals surface area (Å²) in [5.41, 5.74) is 4.68. The van der Waals surface area contributed by atoms with Crippen molar-refractivity contribution in [1.82, 2.24) is 14.9 Å². The molecule has 5 heteroatoms. The molecule has 1 amide bonds. The average molecular weight is 275 g/mol. The van der Waals surface area contributed by atoms with Crippen LogP contribution in [0, 0.1) is 6.92 Å². The summed E-state index contributed by atoms with van der Waals surface area (Å²) in [7, 11) is 4.04. The van der Waals surface area contributed by atoms with Crippen LogP contribution in [0.15, 0.2) is 12.3 Å². The van der Waals surface area contributed by atoms with Crippen LogP contribution in [0.1, 0.15) is 34.1 Å². The predicted octanol–water partition coefficient (Wildman–Crippen LogP) is 1.74. The fourth-order valence-corrected chi connectivity index (χ4v) is 2.63. The van der Waals surface area contributed by atoms with E-state index in [4.69, 9.17) is 0 Å². The van der Waals surface area contributed by atoms with Crippen LogP contribution in [0.2, 0.25) is 0 Å². The van der Waals surface area contributed by atoms with Crippen LogP contribution in [0.4, 0.5) is 0 Å². The van der Waals surface area contributed by atoms with E-state index in [1.165, 1.54) is 5.57 Å². The van der Waals surface area contributed by atoms with E-state index >= 15 is 0 Å². The number of rotatable bonds is 3. The van der Waals surface area contributed by atoms with Gasteiger partial charge in [-0.25, -0.2) is 5.06 Å². The molecule has 1 aromatic rings. The van der Waals surface area contributed by atoms with E-state index in [0.29, 0.717) is 18.7 Å². The molecule has 0 atom stereocenters. The number of hydrogen-bond donors (Lipinski definition) is 1. The molecule has 2 rings (SSSR count). The zero-order valence-electron chi connectivity index (χ0n) is 12.5. The molecule has 1 aliphatic heterocycles. The number of likely N-dealkylation sites (N-methyl/N-ethyl adjacent to an activating group) is 1. The van der Waals surface area contributed by atoms with Crippen molar-refractivity contribution in [1.29, 1.82) is 0 Å². The van der Waals surface area contributed by atoms with Gasteiger partial charge in [0.25, 0.3) is 5.91 Å². The predicted molar refractivity (Wildman–Crippen MR) is 77.7 cm³/mol. The van der Waals surface area contributed by atoms with Gasteiger partial charge in [0.15, 0.2) is 0 Å². The lowest BCUT2D eigenvalue weighted by molar-refractivity contribution is -0.0607. The first kappa shape index (κ1) is 14.7. The molecule has 2 heterocycles. The maximum atomic E-state index is 12.0. The quantitative estimate of drug-likeness (QED) is 0.854. The Labute approximate surface area is 119 Å². The van der Waals surface area contributed by atoms with Crippen molar-refractivity contribution in [3.63, 3.8) is 0 Å². The third-order valence-corrected chi connectivity index (χ3v) is 3.54. The number of carbonyl (C=O) groups excluding carboxylic acids is 1. The first-order chi connectivity index (χ1) is 9.45. The number of aromatic nitrogens is 1. The van der Waals surface area contributed by atoms with E-state index in [9.17, 15) is 10.0 Å². The first-order valence-corrected chi connectivity index (χ1v) is 6.75. The molecule has 0 aromatic carbocycles. The highest BCUT2D eigenvalue weighted by atomic mass is 16.5. The summed E-state index contributed by atoms with van der Waals surface area (Å²) in [5, 5.41) is 10.3. The third kappa shape index (κ3) is 2.59. The van der Waals surface area contributed by atoms with Gasteiger partial charge in [-0.05, 0) is 56.6 Å². The lowest BCUT2D eigenvalue weighted by atomic mass is 9.90. The second-order valence-electron chi connectivity index (χ2n) is 5.37. The van der Waals surface area contributed by atoms with Gasteiger partial charge in [-0.3, -0.25) is 15.0 Å². The molecule has 0 unspecified atom stereocenters. The second-order valence-corrected chi connectivity index (χ2v) is 5.37. The van der Waals surface area contributed by atoms with Gasteiger partial charge in [0.1, 0.15) is 5.69 Å². The summed E-state index contributed by atoms with van der Waals surface area (Å²) < 4.78 is 0. The minimum absolute atomic E-state index is 0.322. The van der Waals surface area contributed by atoms with Gasteiger partial charge in [-0.15, -0.1) is 0 Å². The Morgan fingerprint density at radius 1 is 1.55 bits per heavy atom. The largest absolute Gasteiger partial charge is 0.305 e. The third-order valence-electron chi connectivity index (χ3n) is 3.54. The summed E-state index contributed by atoms with van der Waals surface area (Å²) in [5.74, 6) is -0.409. The van der Waals surface area contributed by atoms with Gasteiger partial charge in [-0.2, -0.15) is 0 Å². The Kier molecular flexibility index (Phi) is 4.20. The van der Waals surface area contributed by atoms with Crippen molar-refractivity contribution in [3.8, 4) is 0 Å². The maximum Gasteiger partial charge on any atom is 0.296 e. The number of aryl methyl sites for hydroxylation is 1. The maximum absolute atomic E-state index is 12.0. The molecule has 0 saturated carbocycles. The van der Waals surface area contributed by atoms with Crippen LogP contribution in [0.3, 0.4) is 0 Å². The highest BCUT2D eigenvalue weighted by Gasteiger charge is 2.28. The van der Waals surface area contributed by atoms with Crippen LogP contribution >= 0.6 is 0 Å². The molecule has 0 bridgehead atoms. The molecule has 0 spiro atoms. The van der Waals surface area contributed by atoms with Crippen molar-refractivity contribution in [2.24, 2.45) is 0 Å². The van der Waals surface area contributed by atoms with Gasteiger partial charge in [0, 0.05) is 12.7 Å². The Hall–Kier alpha value is -1.72. The smallest absolute Gasteiger partial charge is 0.296 e. The van der Waals surface area contributed by atoms with E-state index in [1.807, 2.05) is 27.9 Å². The van der Waals surface area contributed by atoms with Crippen LogP contribution in [0.5, 0.6) is 0 Å². The fraction of sp³-hybridized carbons (Fsp3) is 0.467. The lowest BCUT2D eigenvalue weighted by Gasteiger charge is -2.26. The zero-order chi connectivity index (χ0) is 14.9. The molecular formula is C15H21N3O2. The summed E-state index contributed by atoms with van der Waals surface area (Å²) in [4.78, 5) is 18.3. The molecule has 1 aromatic heterocycles. The minimum atomic E-state index is -0.409. The van der Waals surface area contributed by atoms with E-state index in [-0.39, 0.29) is 0 Å². The number of carbonyl (C=O) groups is 1. The summed E-state index contributed by atoms with van der Waals surface area (Å²) >= 11 is 0. The van der Waals surface area contributed by atoms with E-state index in [0.717, 1.165) is 28.3 Å². The molecule has 5 nitrogen and oxygen atoms in total. The highest BCUT2D eigenvalue weighted by Crippen LogP contribution is 2.28. The summed E-state index contributed by atoms with van der Waals surface area (Å²) in [6, 6.07) is 0. The van der Waals surface area contributed by atoms with Crippen molar-refractivity contribution in [3.05, 3.63) is 34.7 Å². The molecule has 108 valence electrons. The second kappa shape index (κ2) is 5.73. The normalized spacial score (nSPS) is 15.8. The summed E-state index contributed by atoms with van der Waals surface area (Å²) in [6.07, 6.45) is 4.43. The van der Waals surface area contributed by atoms with E-state index in [1.54, 1.807) is 6.20 Å². The molecular weight excluding hydrogens is 254 g/mol. The minimum Gasteiger partial charge on any atom is -0.305 e. The lowest BCUT2D eigenvalue weighted by Crippen LogP contribution is -2.36. The zero-order valence-corrected chi connectivity index (χ0v) is 12.5. The Bertz CT molecular complexity index is 564. The first-order valence-electron chi connectivity index (χ1n) is 6.75. The Balaban J connectivity index is 2.56. The fourth-order valence-electron chi connectivity index (χ4n) is 2.63. The van der Waals surface area contributed by atoms with Crippen LogP contribution in [0.25, 0.3) is 5.57 Å². The van der Waals surface area contributed by atoms with E-state index in [2.05, 4.69) is 16.0 Å². The van der Waals surface area contributed by atoms with Gasteiger partial charge in [0.05, 0.1) is 6.54 Å². The number of hydrogen-bond acceptors (Lipinski definition) is 4. The van der Waals surface area contributed by atoms with Gasteiger partial charge in [0.2, 0.25) is 0 Å². The molecule has 0 radical (unpaired) electrons. The number of pyridine rings is 1. The molecule has 0 fully saturated rings. The summed E-state index contributed by atoms with van der Waals surface area (Å²) in [6.45, 7) is 5.15. The standard InChI is InChI=1S/C15H21N3O2/c1-5-11(9-17(3)4)13-10(2)8-16-14-12(13)6-7-18(20)15(14)19/h5,8,20H,6-7,9H2,1-4H3/b11-5-. The van der Waals surface area contributed by atoms with Crippen LogP contribution in [-0.2, 0) is 6.42 Å². The molecule has 1 N–H and O–H groups in total. The van der Waals surface area contributed by atoms with Crippen LogP contribution < -0.4 is 0 Å². The molecule has 0 aliphatic carbocycles. The number of allylic oxidation sites excluding steroid dienone is 1. The van der Waals surface area contributed by atoms with Gasteiger partial charge >= 0.3 is 0 Å². The molecule has 1 aliphatic rings. The van der Waals surface area contributed by atoms with Crippen LogP contribution in [-0.4, -0.2) is 53.2 Å². The van der Waals surface area contributed by atoms with Crippen molar-refractivity contribution >= 4 is 11.5 Å². The van der Waals surface area contributed by atoms with Crippen molar-refractivity contribution in [2.45, 2.75) is 20.3 Å².